The normalized spacial score (nSPS) is 13.2. The highest BCUT2D eigenvalue weighted by atomic mass is 19.1. The van der Waals surface area contributed by atoms with Crippen LogP contribution in [0.1, 0.15) is 28.8 Å². The summed E-state index contributed by atoms with van der Waals surface area (Å²) in [6, 6.07) is 20.3. The van der Waals surface area contributed by atoms with Gasteiger partial charge in [0.25, 0.3) is 5.91 Å². The smallest absolute Gasteiger partial charge is 0.319 e. The van der Waals surface area contributed by atoms with E-state index in [1.54, 1.807) is 41.3 Å². The van der Waals surface area contributed by atoms with Gasteiger partial charge in [0.1, 0.15) is 5.82 Å². The Morgan fingerprint density at radius 3 is 2.53 bits per heavy atom. The molecule has 0 aromatic heterocycles. The minimum Gasteiger partial charge on any atom is -0.319 e. The Balaban J connectivity index is 1.50. The summed E-state index contributed by atoms with van der Waals surface area (Å²) < 4.78 is 13.8. The zero-order valence-corrected chi connectivity index (χ0v) is 16.4. The molecule has 30 heavy (non-hydrogen) atoms. The first-order valence-electron chi connectivity index (χ1n) is 9.94. The van der Waals surface area contributed by atoms with Crippen LogP contribution in [0.15, 0.2) is 72.8 Å². The predicted molar refractivity (Wildman–Crippen MR) is 117 cm³/mol. The van der Waals surface area contributed by atoms with Gasteiger partial charge in [-0.15, -0.1) is 0 Å². The van der Waals surface area contributed by atoms with Gasteiger partial charge in [-0.05, 0) is 61.2 Å². The molecule has 152 valence electrons. The Morgan fingerprint density at radius 1 is 0.867 bits per heavy atom. The van der Waals surface area contributed by atoms with Crippen molar-refractivity contribution >= 4 is 29.0 Å². The molecule has 5 nitrogen and oxygen atoms in total. The van der Waals surface area contributed by atoms with E-state index in [9.17, 15) is 14.0 Å². The third-order valence-electron chi connectivity index (χ3n) is 5.10. The molecule has 3 amide bonds. The van der Waals surface area contributed by atoms with E-state index in [1.165, 1.54) is 12.1 Å². The second-order valence-corrected chi connectivity index (χ2v) is 7.18. The van der Waals surface area contributed by atoms with Crippen molar-refractivity contribution < 1.29 is 14.0 Å². The van der Waals surface area contributed by atoms with E-state index in [0.29, 0.717) is 17.8 Å². The summed E-state index contributed by atoms with van der Waals surface area (Å²) in [6.07, 6.45) is 2.91. The Hall–Kier alpha value is -3.67. The van der Waals surface area contributed by atoms with Crippen LogP contribution in [0, 0.1) is 5.82 Å². The van der Waals surface area contributed by atoms with E-state index in [1.807, 2.05) is 18.2 Å². The largest absolute Gasteiger partial charge is 0.326 e. The molecule has 0 atom stereocenters. The lowest BCUT2D eigenvalue weighted by atomic mass is 10.1. The molecule has 0 saturated heterocycles. The lowest BCUT2D eigenvalue weighted by molar-refractivity contribution is 0.102. The molecule has 0 bridgehead atoms. The van der Waals surface area contributed by atoms with Gasteiger partial charge in [0.15, 0.2) is 0 Å². The van der Waals surface area contributed by atoms with Crippen molar-refractivity contribution in [3.05, 3.63) is 89.7 Å². The first-order chi connectivity index (χ1) is 14.6. The molecule has 0 fully saturated rings. The van der Waals surface area contributed by atoms with E-state index in [4.69, 9.17) is 0 Å². The van der Waals surface area contributed by atoms with Crippen LogP contribution in [-0.4, -0.2) is 18.5 Å². The zero-order chi connectivity index (χ0) is 20.9. The maximum absolute atomic E-state index is 13.8. The number of hydrogen-bond acceptors (Lipinski definition) is 2. The number of carbonyl (C=O) groups excluding carboxylic acids is 2. The van der Waals surface area contributed by atoms with Gasteiger partial charge in [-0.25, -0.2) is 9.18 Å². The maximum atomic E-state index is 13.8. The summed E-state index contributed by atoms with van der Waals surface area (Å²) in [5, 5.41) is 5.44. The summed E-state index contributed by atoms with van der Waals surface area (Å²) in [6.45, 7) is 0.635. The third-order valence-corrected chi connectivity index (χ3v) is 5.10. The molecule has 2 N–H and O–H groups in total. The van der Waals surface area contributed by atoms with Crippen LogP contribution < -0.4 is 15.5 Å². The van der Waals surface area contributed by atoms with Gasteiger partial charge < -0.3 is 10.6 Å². The van der Waals surface area contributed by atoms with Crippen molar-refractivity contribution in [2.75, 3.05) is 22.1 Å². The fourth-order valence-electron chi connectivity index (χ4n) is 3.59. The Bertz CT molecular complexity index is 1080. The highest BCUT2D eigenvalue weighted by Crippen LogP contribution is 2.27. The first kappa shape index (κ1) is 19.6. The second kappa shape index (κ2) is 8.78. The lowest BCUT2D eigenvalue weighted by Crippen LogP contribution is -2.35. The Kier molecular flexibility index (Phi) is 5.75. The van der Waals surface area contributed by atoms with E-state index in [0.717, 1.165) is 30.5 Å². The summed E-state index contributed by atoms with van der Waals surface area (Å²) in [5.41, 5.74) is 3.01. The average Bonchev–Trinajstić information content (AvgIpc) is 2.98. The number of nitrogens with zero attached hydrogens (tertiary/aromatic N) is 1. The van der Waals surface area contributed by atoms with Crippen LogP contribution in [0.2, 0.25) is 0 Å². The fourth-order valence-corrected chi connectivity index (χ4v) is 3.59. The van der Waals surface area contributed by atoms with Crippen molar-refractivity contribution in [3.8, 4) is 0 Å². The number of benzene rings is 3. The third kappa shape index (κ3) is 4.33. The van der Waals surface area contributed by atoms with Crippen LogP contribution in [-0.2, 0) is 6.42 Å². The zero-order valence-electron chi connectivity index (χ0n) is 16.4. The van der Waals surface area contributed by atoms with E-state index in [-0.39, 0.29) is 11.7 Å². The van der Waals surface area contributed by atoms with Crippen molar-refractivity contribution in [2.24, 2.45) is 0 Å². The van der Waals surface area contributed by atoms with Crippen molar-refractivity contribution in [2.45, 2.75) is 19.3 Å². The number of para-hydroxylation sites is 2. The minimum atomic E-state index is -0.505. The van der Waals surface area contributed by atoms with Gasteiger partial charge >= 0.3 is 6.03 Å². The molecule has 3 aromatic rings. The van der Waals surface area contributed by atoms with E-state index >= 15 is 0 Å². The number of hydrogen-bond donors (Lipinski definition) is 2. The number of fused-ring (bicyclic) bond motifs is 1. The number of halogens is 1. The van der Waals surface area contributed by atoms with Gasteiger partial charge in [-0.1, -0.05) is 36.4 Å². The van der Waals surface area contributed by atoms with Crippen LogP contribution >= 0.6 is 0 Å². The number of urea groups is 1. The second-order valence-electron chi connectivity index (χ2n) is 7.18. The number of anilines is 3. The molecular formula is C24H22FN3O2. The molecule has 1 aliphatic rings. The van der Waals surface area contributed by atoms with Gasteiger partial charge in [-0.3, -0.25) is 9.69 Å². The molecule has 4 rings (SSSR count). The van der Waals surface area contributed by atoms with Gasteiger partial charge in [0.05, 0.1) is 5.69 Å². The van der Waals surface area contributed by atoms with Gasteiger partial charge in [0, 0.05) is 23.5 Å². The number of amides is 3. The molecule has 0 spiro atoms. The Labute approximate surface area is 174 Å². The molecule has 1 heterocycles. The highest BCUT2D eigenvalue weighted by Gasteiger charge is 2.21. The molecule has 3 aromatic carbocycles. The maximum Gasteiger partial charge on any atom is 0.326 e. The van der Waals surface area contributed by atoms with Crippen LogP contribution in [0.3, 0.4) is 0 Å². The van der Waals surface area contributed by atoms with E-state index < -0.39 is 11.7 Å². The monoisotopic (exact) mass is 403 g/mol. The molecular weight excluding hydrogens is 381 g/mol. The number of nitrogens with one attached hydrogen (secondary N) is 2. The van der Waals surface area contributed by atoms with Crippen molar-refractivity contribution in [1.29, 1.82) is 0 Å². The highest BCUT2D eigenvalue weighted by molar-refractivity contribution is 6.06. The molecule has 0 radical (unpaired) electrons. The first-order valence-corrected chi connectivity index (χ1v) is 9.94. The van der Waals surface area contributed by atoms with E-state index in [2.05, 4.69) is 16.7 Å². The summed E-state index contributed by atoms with van der Waals surface area (Å²) >= 11 is 0. The number of carbonyl (C=O) groups is 2. The molecule has 1 aliphatic heterocycles. The van der Waals surface area contributed by atoms with Crippen molar-refractivity contribution in [1.82, 2.24) is 0 Å². The standard InChI is InChI=1S/C24H22FN3O2/c25-20-12-2-3-13-21(20)27-23(29)18-10-7-11-19(16-18)26-24(30)28-15-6-5-9-17-8-1-4-14-22(17)28/h1-4,7-8,10-14,16H,5-6,9,15H2,(H,26,30)(H,27,29). The SMILES string of the molecule is O=C(Nc1ccccc1F)c1cccc(NC(=O)N2CCCCc3ccccc32)c1. The minimum absolute atomic E-state index is 0.109. The topological polar surface area (TPSA) is 61.4 Å². The Morgan fingerprint density at radius 2 is 1.67 bits per heavy atom. The summed E-state index contributed by atoms with van der Waals surface area (Å²) in [4.78, 5) is 27.2. The van der Waals surface area contributed by atoms with Crippen molar-refractivity contribution in [3.63, 3.8) is 0 Å². The van der Waals surface area contributed by atoms with Gasteiger partial charge in [0.2, 0.25) is 0 Å². The number of aryl methyl sites for hydroxylation is 1. The quantitative estimate of drug-likeness (QED) is 0.611. The van der Waals surface area contributed by atoms with Crippen LogP contribution in [0.4, 0.5) is 26.2 Å². The van der Waals surface area contributed by atoms with Crippen LogP contribution in [0.25, 0.3) is 0 Å². The fraction of sp³-hybridized carbons (Fsp3) is 0.167. The number of rotatable bonds is 3. The van der Waals surface area contributed by atoms with Gasteiger partial charge in [-0.2, -0.15) is 0 Å². The molecule has 0 saturated carbocycles. The lowest BCUT2D eigenvalue weighted by Gasteiger charge is -2.23. The molecule has 6 heteroatoms. The average molecular weight is 403 g/mol. The summed E-state index contributed by atoms with van der Waals surface area (Å²) in [7, 11) is 0. The summed E-state index contributed by atoms with van der Waals surface area (Å²) in [5.74, 6) is -0.952. The molecule has 0 unspecified atom stereocenters. The van der Waals surface area contributed by atoms with Crippen LogP contribution in [0.5, 0.6) is 0 Å². The molecule has 0 aliphatic carbocycles. The predicted octanol–water partition coefficient (Wildman–Crippen LogP) is 5.45.